The number of nitrogens with zero attached hydrogens (tertiary/aromatic N) is 2. The molecule has 3 fully saturated rings. The molecule has 0 saturated carbocycles. The summed E-state index contributed by atoms with van der Waals surface area (Å²) in [6.45, 7) is 8.40. The molecule has 3 aliphatic rings. The Morgan fingerprint density at radius 2 is 2.00 bits per heavy atom. The van der Waals surface area contributed by atoms with Gasteiger partial charge in [-0.05, 0) is 58.7 Å². The summed E-state index contributed by atoms with van der Waals surface area (Å²) in [4.78, 5) is 17.5. The molecule has 19 heavy (non-hydrogen) atoms. The van der Waals surface area contributed by atoms with Crippen molar-refractivity contribution in [3.05, 3.63) is 0 Å². The second kappa shape index (κ2) is 5.41. The van der Waals surface area contributed by atoms with E-state index in [0.29, 0.717) is 11.9 Å². The van der Waals surface area contributed by atoms with E-state index in [1.54, 1.807) is 0 Å². The number of hydrogen-bond donors (Lipinski definition) is 1. The molecule has 0 radical (unpaired) electrons. The van der Waals surface area contributed by atoms with E-state index in [-0.39, 0.29) is 5.41 Å². The van der Waals surface area contributed by atoms with Crippen LogP contribution in [0.5, 0.6) is 0 Å². The van der Waals surface area contributed by atoms with Gasteiger partial charge in [0.25, 0.3) is 0 Å². The van der Waals surface area contributed by atoms with Gasteiger partial charge < -0.3 is 10.2 Å². The normalized spacial score (nSPS) is 36.9. The highest BCUT2D eigenvalue weighted by Gasteiger charge is 2.41. The fourth-order valence-electron chi connectivity index (χ4n) is 3.93. The summed E-state index contributed by atoms with van der Waals surface area (Å²) >= 11 is 0. The first-order chi connectivity index (χ1) is 9.19. The van der Waals surface area contributed by atoms with E-state index in [2.05, 4.69) is 22.0 Å². The van der Waals surface area contributed by atoms with Gasteiger partial charge in [-0.25, -0.2) is 0 Å². The van der Waals surface area contributed by atoms with Crippen molar-refractivity contribution in [2.45, 2.75) is 45.1 Å². The smallest absolute Gasteiger partial charge is 0.229 e. The van der Waals surface area contributed by atoms with Gasteiger partial charge in [0.1, 0.15) is 0 Å². The molecule has 3 heterocycles. The lowest BCUT2D eigenvalue weighted by Gasteiger charge is -2.40. The van der Waals surface area contributed by atoms with E-state index in [1.807, 2.05) is 0 Å². The van der Waals surface area contributed by atoms with Gasteiger partial charge in [-0.1, -0.05) is 0 Å². The quantitative estimate of drug-likeness (QED) is 0.811. The first-order valence-corrected chi connectivity index (χ1v) is 7.93. The number of piperidine rings is 1. The van der Waals surface area contributed by atoms with Gasteiger partial charge in [0.15, 0.2) is 0 Å². The zero-order chi connectivity index (χ0) is 13.3. The molecule has 4 heteroatoms. The minimum Gasteiger partial charge on any atom is -0.341 e. The Balaban J connectivity index is 1.62. The van der Waals surface area contributed by atoms with Crippen LogP contribution in [0.4, 0.5) is 0 Å². The van der Waals surface area contributed by atoms with Crippen LogP contribution in [0.25, 0.3) is 0 Å². The highest BCUT2D eigenvalue weighted by Crippen LogP contribution is 2.29. The lowest BCUT2D eigenvalue weighted by molar-refractivity contribution is -0.142. The fourth-order valence-corrected chi connectivity index (χ4v) is 3.93. The van der Waals surface area contributed by atoms with Crippen LogP contribution in [0, 0.1) is 5.41 Å². The van der Waals surface area contributed by atoms with Crippen molar-refractivity contribution < 1.29 is 4.79 Å². The van der Waals surface area contributed by atoms with Crippen LogP contribution < -0.4 is 5.32 Å². The molecule has 0 spiro atoms. The van der Waals surface area contributed by atoms with Gasteiger partial charge in [0.2, 0.25) is 5.91 Å². The maximum absolute atomic E-state index is 12.7. The summed E-state index contributed by atoms with van der Waals surface area (Å²) in [6, 6.07) is 0.623. The molecule has 2 unspecified atom stereocenters. The Labute approximate surface area is 116 Å². The van der Waals surface area contributed by atoms with Gasteiger partial charge in [-0.15, -0.1) is 0 Å². The lowest BCUT2D eigenvalue weighted by Crippen LogP contribution is -2.53. The minimum atomic E-state index is -0.146. The van der Waals surface area contributed by atoms with E-state index >= 15 is 0 Å². The van der Waals surface area contributed by atoms with E-state index in [4.69, 9.17) is 0 Å². The van der Waals surface area contributed by atoms with E-state index < -0.39 is 0 Å². The molecule has 108 valence electrons. The minimum absolute atomic E-state index is 0.146. The van der Waals surface area contributed by atoms with E-state index in [0.717, 1.165) is 32.6 Å². The molecule has 0 aliphatic carbocycles. The molecule has 0 aromatic carbocycles. The Kier molecular flexibility index (Phi) is 3.81. The fraction of sp³-hybridized carbons (Fsp3) is 0.933. The second-order valence-electron chi connectivity index (χ2n) is 6.78. The molecule has 1 N–H and O–H groups in total. The number of rotatable bonds is 2. The van der Waals surface area contributed by atoms with Gasteiger partial charge in [0, 0.05) is 25.7 Å². The Hall–Kier alpha value is -0.610. The number of carbonyl (C=O) groups excluding carboxylic acids is 1. The van der Waals surface area contributed by atoms with Gasteiger partial charge in [-0.2, -0.15) is 0 Å². The first-order valence-electron chi connectivity index (χ1n) is 7.93. The molecule has 2 atom stereocenters. The van der Waals surface area contributed by atoms with Crippen molar-refractivity contribution in [2.75, 3.05) is 39.3 Å². The van der Waals surface area contributed by atoms with Crippen molar-refractivity contribution in [3.63, 3.8) is 0 Å². The molecular formula is C15H27N3O. The molecule has 3 rings (SSSR count). The van der Waals surface area contributed by atoms with Crippen molar-refractivity contribution in [3.8, 4) is 0 Å². The largest absolute Gasteiger partial charge is 0.341 e. The number of carbonyl (C=O) groups is 1. The predicted molar refractivity (Wildman–Crippen MR) is 76.0 cm³/mol. The van der Waals surface area contributed by atoms with Crippen LogP contribution in [0.2, 0.25) is 0 Å². The number of nitrogens with one attached hydrogen (secondary N) is 1. The van der Waals surface area contributed by atoms with Gasteiger partial charge in [-0.3, -0.25) is 9.69 Å². The van der Waals surface area contributed by atoms with Crippen LogP contribution >= 0.6 is 0 Å². The Bertz CT molecular complexity index is 332. The van der Waals surface area contributed by atoms with Crippen LogP contribution in [0.1, 0.15) is 39.0 Å². The molecule has 4 nitrogen and oxygen atoms in total. The van der Waals surface area contributed by atoms with E-state index in [9.17, 15) is 4.79 Å². The zero-order valence-electron chi connectivity index (χ0n) is 12.2. The summed E-state index contributed by atoms with van der Waals surface area (Å²) in [5.41, 5.74) is -0.146. The standard InChI is InChI=1S/C15H27N3O/c1-15(6-7-16-12-15)14(19)18-10-4-5-13(11-18)17-8-2-3-9-17/h13,16H,2-12H2,1H3. The Morgan fingerprint density at radius 1 is 1.21 bits per heavy atom. The highest BCUT2D eigenvalue weighted by atomic mass is 16.2. The second-order valence-corrected chi connectivity index (χ2v) is 6.78. The van der Waals surface area contributed by atoms with Crippen LogP contribution in [0.15, 0.2) is 0 Å². The molecular weight excluding hydrogens is 238 g/mol. The van der Waals surface area contributed by atoms with Gasteiger partial charge >= 0.3 is 0 Å². The molecule has 3 saturated heterocycles. The van der Waals surface area contributed by atoms with E-state index in [1.165, 1.54) is 38.8 Å². The average molecular weight is 265 g/mol. The Morgan fingerprint density at radius 3 is 2.68 bits per heavy atom. The number of likely N-dealkylation sites (tertiary alicyclic amines) is 2. The maximum Gasteiger partial charge on any atom is 0.229 e. The molecule has 0 bridgehead atoms. The SMILES string of the molecule is CC1(C(=O)N2CCCC(N3CCCC3)C2)CCNC1. The summed E-state index contributed by atoms with van der Waals surface area (Å²) < 4.78 is 0. The van der Waals surface area contributed by atoms with Gasteiger partial charge in [0.05, 0.1) is 5.41 Å². The number of hydrogen-bond acceptors (Lipinski definition) is 3. The van der Waals surface area contributed by atoms with Crippen LogP contribution in [-0.4, -0.2) is 61.0 Å². The van der Waals surface area contributed by atoms with Crippen molar-refractivity contribution in [2.24, 2.45) is 5.41 Å². The average Bonchev–Trinajstić information content (AvgIpc) is 3.10. The monoisotopic (exact) mass is 265 g/mol. The third-order valence-electron chi connectivity index (χ3n) is 5.23. The third-order valence-corrected chi connectivity index (χ3v) is 5.23. The summed E-state index contributed by atoms with van der Waals surface area (Å²) in [5, 5.41) is 3.34. The summed E-state index contributed by atoms with van der Waals surface area (Å²) in [5.74, 6) is 0.390. The predicted octanol–water partition coefficient (Wildman–Crippen LogP) is 1.07. The molecule has 0 aromatic rings. The van der Waals surface area contributed by atoms with Crippen molar-refractivity contribution >= 4 is 5.91 Å². The third kappa shape index (κ3) is 2.65. The topological polar surface area (TPSA) is 35.6 Å². The molecule has 3 aliphatic heterocycles. The first kappa shape index (κ1) is 13.4. The summed E-state index contributed by atoms with van der Waals surface area (Å²) in [6.07, 6.45) is 6.13. The highest BCUT2D eigenvalue weighted by molar-refractivity contribution is 5.83. The van der Waals surface area contributed by atoms with Crippen molar-refractivity contribution in [1.29, 1.82) is 0 Å². The zero-order valence-corrected chi connectivity index (χ0v) is 12.2. The van der Waals surface area contributed by atoms with Crippen LogP contribution in [0.3, 0.4) is 0 Å². The van der Waals surface area contributed by atoms with Crippen LogP contribution in [-0.2, 0) is 4.79 Å². The molecule has 0 aromatic heterocycles. The number of amides is 1. The molecule has 1 amide bonds. The lowest BCUT2D eigenvalue weighted by atomic mass is 9.87. The van der Waals surface area contributed by atoms with Crippen molar-refractivity contribution in [1.82, 2.24) is 15.1 Å². The maximum atomic E-state index is 12.7. The summed E-state index contributed by atoms with van der Waals surface area (Å²) in [7, 11) is 0.